The third kappa shape index (κ3) is 4.55. The first-order valence-electron chi connectivity index (χ1n) is 6.88. The normalized spacial score (nSPS) is 13.0. The lowest BCUT2D eigenvalue weighted by Gasteiger charge is -2.23. The highest BCUT2D eigenvalue weighted by Gasteiger charge is 2.13. The molecule has 1 unspecified atom stereocenters. The number of likely N-dealkylation sites (N-methyl/N-ethyl adjacent to an activating group) is 1. The van der Waals surface area contributed by atoms with E-state index in [1.807, 2.05) is 6.92 Å². The van der Waals surface area contributed by atoms with Gasteiger partial charge in [0, 0.05) is 24.7 Å². The fraction of sp³-hybridized carbons (Fsp3) is 0.600. The monoisotopic (exact) mass is 270 g/mol. The zero-order chi connectivity index (χ0) is 14.4. The van der Waals surface area contributed by atoms with Crippen LogP contribution in [0.15, 0.2) is 12.1 Å². The van der Waals surface area contributed by atoms with Crippen molar-refractivity contribution >= 4 is 0 Å². The maximum Gasteiger partial charge on any atom is 0.133 e. The molecule has 1 atom stereocenters. The van der Waals surface area contributed by atoms with Gasteiger partial charge in [-0.1, -0.05) is 19.9 Å². The highest BCUT2D eigenvalue weighted by Crippen LogP contribution is 2.16. The summed E-state index contributed by atoms with van der Waals surface area (Å²) in [6, 6.07) is 2.98. The summed E-state index contributed by atoms with van der Waals surface area (Å²) in [4.78, 5) is 2.28. The largest absolute Gasteiger partial charge is 0.309 e. The number of hydrogen-bond acceptors (Lipinski definition) is 2. The van der Waals surface area contributed by atoms with Crippen LogP contribution in [0.1, 0.15) is 31.9 Å². The van der Waals surface area contributed by atoms with Gasteiger partial charge in [-0.3, -0.25) is 0 Å². The average Bonchev–Trinajstić information content (AvgIpc) is 2.40. The number of halogens is 2. The van der Waals surface area contributed by atoms with Crippen LogP contribution in [0.2, 0.25) is 0 Å². The first-order chi connectivity index (χ1) is 8.99. The Labute approximate surface area is 114 Å². The van der Waals surface area contributed by atoms with Gasteiger partial charge in [0.05, 0.1) is 0 Å². The van der Waals surface area contributed by atoms with E-state index >= 15 is 0 Å². The van der Waals surface area contributed by atoms with Gasteiger partial charge in [-0.15, -0.1) is 0 Å². The molecule has 0 amide bonds. The predicted octanol–water partition coefficient (Wildman–Crippen LogP) is 3.09. The van der Waals surface area contributed by atoms with E-state index in [1.165, 1.54) is 12.1 Å². The van der Waals surface area contributed by atoms with E-state index in [2.05, 4.69) is 24.1 Å². The number of benzene rings is 1. The van der Waals surface area contributed by atoms with E-state index in [0.29, 0.717) is 5.56 Å². The van der Waals surface area contributed by atoms with Crippen LogP contribution in [0, 0.1) is 18.6 Å². The molecule has 0 bridgehead atoms. The average molecular weight is 270 g/mol. The first kappa shape index (κ1) is 16.1. The van der Waals surface area contributed by atoms with Gasteiger partial charge >= 0.3 is 0 Å². The Morgan fingerprint density at radius 3 is 2.42 bits per heavy atom. The van der Waals surface area contributed by atoms with Gasteiger partial charge in [0.2, 0.25) is 0 Å². The van der Waals surface area contributed by atoms with Crippen molar-refractivity contribution in [3.63, 3.8) is 0 Å². The van der Waals surface area contributed by atoms with Crippen LogP contribution in [0.25, 0.3) is 0 Å². The lowest BCUT2D eigenvalue weighted by atomic mass is 10.1. The number of nitrogens with one attached hydrogen (secondary N) is 1. The Kier molecular flexibility index (Phi) is 6.38. The van der Waals surface area contributed by atoms with E-state index in [1.54, 1.807) is 6.92 Å². The van der Waals surface area contributed by atoms with Crippen molar-refractivity contribution in [2.75, 3.05) is 19.6 Å². The van der Waals surface area contributed by atoms with Crippen molar-refractivity contribution in [2.45, 2.75) is 40.3 Å². The quantitative estimate of drug-likeness (QED) is 0.819. The lowest BCUT2D eigenvalue weighted by molar-refractivity contribution is 0.270. The van der Waals surface area contributed by atoms with E-state index in [4.69, 9.17) is 0 Å². The fourth-order valence-corrected chi connectivity index (χ4v) is 2.09. The number of rotatable bonds is 7. The minimum absolute atomic E-state index is 0.131. The summed E-state index contributed by atoms with van der Waals surface area (Å²) in [6.45, 7) is 11.0. The summed E-state index contributed by atoms with van der Waals surface area (Å²) >= 11 is 0. The topological polar surface area (TPSA) is 15.3 Å². The van der Waals surface area contributed by atoms with Crippen molar-refractivity contribution in [3.05, 3.63) is 34.9 Å². The van der Waals surface area contributed by atoms with Gasteiger partial charge in [-0.25, -0.2) is 8.78 Å². The van der Waals surface area contributed by atoms with Gasteiger partial charge in [0.25, 0.3) is 0 Å². The third-order valence-corrected chi connectivity index (χ3v) is 3.43. The van der Waals surface area contributed by atoms with E-state index in [0.717, 1.165) is 19.6 Å². The molecule has 0 aliphatic rings. The van der Waals surface area contributed by atoms with Crippen LogP contribution in [-0.4, -0.2) is 30.6 Å². The highest BCUT2D eigenvalue weighted by atomic mass is 19.1. The Bertz CT molecular complexity index is 403. The van der Waals surface area contributed by atoms with Gasteiger partial charge < -0.3 is 10.2 Å². The summed E-state index contributed by atoms with van der Waals surface area (Å²) in [7, 11) is 0. The molecular weight excluding hydrogens is 246 g/mol. The Morgan fingerprint density at radius 1 is 1.21 bits per heavy atom. The van der Waals surface area contributed by atoms with E-state index < -0.39 is 11.6 Å². The molecular formula is C15H24F2N2. The molecule has 1 rings (SSSR count). The molecule has 0 aliphatic carbocycles. The van der Waals surface area contributed by atoms with Gasteiger partial charge in [-0.2, -0.15) is 0 Å². The lowest BCUT2D eigenvalue weighted by Crippen LogP contribution is -2.39. The summed E-state index contributed by atoms with van der Waals surface area (Å²) in [5.74, 6) is -0.923. The zero-order valence-corrected chi connectivity index (χ0v) is 12.3. The first-order valence-corrected chi connectivity index (χ1v) is 6.88. The van der Waals surface area contributed by atoms with Crippen molar-refractivity contribution < 1.29 is 8.78 Å². The zero-order valence-electron chi connectivity index (χ0n) is 12.3. The number of aryl methyl sites for hydroxylation is 1. The Balaban J connectivity index is 2.59. The maximum atomic E-state index is 13.8. The fourth-order valence-electron chi connectivity index (χ4n) is 2.09. The smallest absolute Gasteiger partial charge is 0.133 e. The molecule has 2 nitrogen and oxygen atoms in total. The van der Waals surface area contributed by atoms with Gasteiger partial charge in [0.1, 0.15) is 11.6 Å². The van der Waals surface area contributed by atoms with Crippen molar-refractivity contribution in [1.82, 2.24) is 10.2 Å². The molecule has 4 heteroatoms. The van der Waals surface area contributed by atoms with Crippen LogP contribution >= 0.6 is 0 Å². The summed E-state index contributed by atoms with van der Waals surface area (Å²) < 4.78 is 27.4. The molecule has 0 aliphatic heterocycles. The SMILES string of the molecule is CCN(CC)CC(C)NCc1c(F)ccc(C)c1F. The van der Waals surface area contributed by atoms with Crippen molar-refractivity contribution in [1.29, 1.82) is 0 Å². The minimum atomic E-state index is -0.481. The second kappa shape index (κ2) is 7.56. The molecule has 0 heterocycles. The molecule has 1 aromatic carbocycles. The summed E-state index contributed by atoms with van der Waals surface area (Å²) in [6.07, 6.45) is 0. The number of nitrogens with zero attached hydrogens (tertiary/aromatic N) is 1. The minimum Gasteiger partial charge on any atom is -0.309 e. The van der Waals surface area contributed by atoms with Crippen molar-refractivity contribution in [3.8, 4) is 0 Å². The van der Waals surface area contributed by atoms with Gasteiger partial charge in [-0.05, 0) is 38.6 Å². The molecule has 0 saturated heterocycles. The second-order valence-corrected chi connectivity index (χ2v) is 4.92. The standard InChI is InChI=1S/C15H24F2N2/c1-5-19(6-2)10-12(4)18-9-13-14(16)8-7-11(3)15(13)17/h7-8,12,18H,5-6,9-10H2,1-4H3. The van der Waals surface area contributed by atoms with Crippen LogP contribution < -0.4 is 5.32 Å². The van der Waals surface area contributed by atoms with Crippen LogP contribution in [-0.2, 0) is 6.54 Å². The summed E-state index contributed by atoms with van der Waals surface area (Å²) in [5.41, 5.74) is 0.612. The molecule has 0 spiro atoms. The molecule has 1 N–H and O–H groups in total. The van der Waals surface area contributed by atoms with Crippen molar-refractivity contribution in [2.24, 2.45) is 0 Å². The molecule has 108 valence electrons. The van der Waals surface area contributed by atoms with E-state index in [-0.39, 0.29) is 18.2 Å². The Hall–Kier alpha value is -1.00. The second-order valence-electron chi connectivity index (χ2n) is 4.92. The predicted molar refractivity (Wildman–Crippen MR) is 75.2 cm³/mol. The number of hydrogen-bond donors (Lipinski definition) is 1. The molecule has 19 heavy (non-hydrogen) atoms. The third-order valence-electron chi connectivity index (χ3n) is 3.43. The molecule has 0 aromatic heterocycles. The maximum absolute atomic E-state index is 13.8. The van der Waals surface area contributed by atoms with Crippen LogP contribution in [0.3, 0.4) is 0 Å². The van der Waals surface area contributed by atoms with Gasteiger partial charge in [0.15, 0.2) is 0 Å². The van der Waals surface area contributed by atoms with Crippen LogP contribution in [0.5, 0.6) is 0 Å². The molecule has 0 fully saturated rings. The molecule has 1 aromatic rings. The molecule has 0 radical (unpaired) electrons. The van der Waals surface area contributed by atoms with E-state index in [9.17, 15) is 8.78 Å². The summed E-state index contributed by atoms with van der Waals surface area (Å²) in [5, 5.41) is 3.19. The highest BCUT2D eigenvalue weighted by molar-refractivity contribution is 5.26. The van der Waals surface area contributed by atoms with Crippen LogP contribution in [0.4, 0.5) is 8.78 Å². The Morgan fingerprint density at radius 2 is 1.84 bits per heavy atom. The molecule has 0 saturated carbocycles.